The van der Waals surface area contributed by atoms with Crippen molar-refractivity contribution in [2.45, 2.75) is 19.9 Å². The van der Waals surface area contributed by atoms with Crippen LogP contribution in [-0.2, 0) is 4.79 Å². The van der Waals surface area contributed by atoms with Gasteiger partial charge in [0.15, 0.2) is 11.7 Å². The minimum atomic E-state index is -1.16. The first-order valence-electron chi connectivity index (χ1n) is 7.42. The molecule has 2 aliphatic rings. The van der Waals surface area contributed by atoms with Crippen LogP contribution in [0, 0.1) is 5.92 Å². The van der Waals surface area contributed by atoms with Crippen LogP contribution in [0.1, 0.15) is 24.2 Å². The molecule has 1 aromatic rings. The summed E-state index contributed by atoms with van der Waals surface area (Å²) < 4.78 is 0. The van der Waals surface area contributed by atoms with Crippen molar-refractivity contribution in [2.24, 2.45) is 10.9 Å². The van der Waals surface area contributed by atoms with Crippen LogP contribution in [-0.4, -0.2) is 48.2 Å². The van der Waals surface area contributed by atoms with E-state index in [4.69, 9.17) is 0 Å². The van der Waals surface area contributed by atoms with Crippen LogP contribution in [0.5, 0.6) is 0 Å². The summed E-state index contributed by atoms with van der Waals surface area (Å²) >= 11 is 0. The van der Waals surface area contributed by atoms with E-state index in [1.165, 1.54) is 0 Å². The lowest BCUT2D eigenvalue weighted by atomic mass is 9.89. The Labute approximate surface area is 128 Å². The van der Waals surface area contributed by atoms with Gasteiger partial charge in [-0.1, -0.05) is 0 Å². The van der Waals surface area contributed by atoms with Crippen molar-refractivity contribution in [1.29, 1.82) is 0 Å². The third kappa shape index (κ3) is 2.50. The Morgan fingerprint density at radius 1 is 1.45 bits per heavy atom. The predicted molar refractivity (Wildman–Crippen MR) is 84.3 cm³/mol. The average molecular weight is 301 g/mol. The number of Topliss-reactive ketones (excluding diaryl/α,β-unsaturated/α-hetero) is 1. The summed E-state index contributed by atoms with van der Waals surface area (Å²) in [6.07, 6.45) is 0. The van der Waals surface area contributed by atoms with Gasteiger partial charge in [-0.15, -0.1) is 0 Å². The minimum Gasteiger partial charge on any atom is -0.480 e. The van der Waals surface area contributed by atoms with Crippen LogP contribution in [0.15, 0.2) is 23.2 Å². The van der Waals surface area contributed by atoms with Gasteiger partial charge in [0.1, 0.15) is 0 Å². The van der Waals surface area contributed by atoms with Crippen LogP contribution >= 0.6 is 0 Å². The molecule has 0 spiro atoms. The number of nitrogens with zero attached hydrogens (tertiary/aromatic N) is 2. The first-order chi connectivity index (χ1) is 10.5. The summed E-state index contributed by atoms with van der Waals surface area (Å²) in [5, 5.41) is 12.6. The van der Waals surface area contributed by atoms with E-state index in [1.807, 2.05) is 12.1 Å². The molecular formula is C16H19N3O3. The summed E-state index contributed by atoms with van der Waals surface area (Å²) in [6.45, 7) is 6.44. The Kier molecular flexibility index (Phi) is 3.70. The highest BCUT2D eigenvalue weighted by atomic mass is 16.4. The summed E-state index contributed by atoms with van der Waals surface area (Å²) in [5.41, 5.74) is 2.33. The molecule has 0 radical (unpaired) electrons. The van der Waals surface area contributed by atoms with Crippen molar-refractivity contribution < 1.29 is 14.7 Å². The number of rotatable bonds is 2. The highest BCUT2D eigenvalue weighted by Crippen LogP contribution is 2.33. The molecule has 2 atom stereocenters. The zero-order valence-corrected chi connectivity index (χ0v) is 12.7. The molecule has 2 N–H and O–H groups in total. The van der Waals surface area contributed by atoms with E-state index in [2.05, 4.69) is 22.1 Å². The Morgan fingerprint density at radius 3 is 2.91 bits per heavy atom. The number of carbonyl (C=O) groups excluding carboxylic acids is 1. The molecule has 2 unspecified atom stereocenters. The molecule has 3 rings (SSSR count). The van der Waals surface area contributed by atoms with Crippen molar-refractivity contribution in [1.82, 2.24) is 5.32 Å². The van der Waals surface area contributed by atoms with E-state index in [0.29, 0.717) is 23.0 Å². The van der Waals surface area contributed by atoms with E-state index in [-0.39, 0.29) is 5.78 Å². The van der Waals surface area contributed by atoms with Gasteiger partial charge in [0.05, 0.1) is 5.69 Å². The summed E-state index contributed by atoms with van der Waals surface area (Å²) in [5.74, 6) is -2.68. The van der Waals surface area contributed by atoms with Gasteiger partial charge in [0.25, 0.3) is 0 Å². The number of carboxylic acids is 1. The van der Waals surface area contributed by atoms with Gasteiger partial charge in [-0.3, -0.25) is 14.6 Å². The van der Waals surface area contributed by atoms with Crippen LogP contribution in [0.2, 0.25) is 0 Å². The number of benzene rings is 1. The second-order valence-corrected chi connectivity index (χ2v) is 5.89. The number of aliphatic carboxylic acids is 1. The topological polar surface area (TPSA) is 82.0 Å². The molecule has 116 valence electrons. The largest absolute Gasteiger partial charge is 0.480 e. The van der Waals surface area contributed by atoms with Gasteiger partial charge >= 0.3 is 5.97 Å². The summed E-state index contributed by atoms with van der Waals surface area (Å²) in [6, 6.07) is 5.87. The molecule has 1 aromatic carbocycles. The second kappa shape index (κ2) is 5.53. The van der Waals surface area contributed by atoms with E-state index >= 15 is 0 Å². The first-order valence-corrected chi connectivity index (χ1v) is 7.42. The number of ketones is 1. The number of hydrogen-bond acceptors (Lipinski definition) is 5. The number of carbonyl (C=O) groups is 2. The fourth-order valence-corrected chi connectivity index (χ4v) is 3.08. The van der Waals surface area contributed by atoms with Gasteiger partial charge in [-0.05, 0) is 32.0 Å². The lowest BCUT2D eigenvalue weighted by molar-refractivity contribution is -0.137. The molecule has 0 bridgehead atoms. The second-order valence-electron chi connectivity index (χ2n) is 5.89. The molecule has 0 amide bonds. The lowest BCUT2D eigenvalue weighted by Crippen LogP contribution is -2.49. The number of carboxylic acid groups (broad SMARTS) is 1. The molecule has 1 saturated heterocycles. The zero-order chi connectivity index (χ0) is 15.9. The van der Waals surface area contributed by atoms with Crippen molar-refractivity contribution in [3.63, 3.8) is 0 Å². The number of anilines is 1. The number of piperazine rings is 1. The van der Waals surface area contributed by atoms with Crippen LogP contribution in [0.3, 0.4) is 0 Å². The molecule has 0 saturated carbocycles. The van der Waals surface area contributed by atoms with Gasteiger partial charge in [0, 0.05) is 42.6 Å². The molecule has 0 aliphatic carbocycles. The molecular weight excluding hydrogens is 282 g/mol. The Hall–Kier alpha value is -2.21. The van der Waals surface area contributed by atoms with Crippen LogP contribution < -0.4 is 10.2 Å². The predicted octanol–water partition coefficient (Wildman–Crippen LogP) is 1.47. The highest BCUT2D eigenvalue weighted by Gasteiger charge is 2.35. The Morgan fingerprint density at radius 2 is 2.23 bits per heavy atom. The lowest BCUT2D eigenvalue weighted by Gasteiger charge is -2.34. The fraction of sp³-hybridized carbons (Fsp3) is 0.438. The standard InChI is InChI=1S/C16H19N3O3/c1-9-8-19(6-5-17-9)11-3-4-12-13(7-11)18-10(2)14(15(12)20)16(21)22/h3-4,7,9,14,17H,5-6,8H2,1-2H3,(H,21,22). The van der Waals surface area contributed by atoms with E-state index in [1.54, 1.807) is 13.0 Å². The maximum atomic E-state index is 12.3. The Bertz CT molecular complexity index is 669. The van der Waals surface area contributed by atoms with E-state index in [9.17, 15) is 14.7 Å². The monoisotopic (exact) mass is 301 g/mol. The normalized spacial score (nSPS) is 24.7. The number of hydrogen-bond donors (Lipinski definition) is 2. The van der Waals surface area contributed by atoms with Crippen molar-refractivity contribution >= 4 is 28.8 Å². The smallest absolute Gasteiger partial charge is 0.320 e. The zero-order valence-electron chi connectivity index (χ0n) is 12.7. The number of fused-ring (bicyclic) bond motifs is 1. The SMILES string of the molecule is CC1=Nc2cc(N3CCNC(C)C3)ccc2C(=O)C1C(=O)O. The first kappa shape index (κ1) is 14.7. The summed E-state index contributed by atoms with van der Waals surface area (Å²) in [4.78, 5) is 30.1. The fourth-order valence-electron chi connectivity index (χ4n) is 3.08. The number of aliphatic imine (C=N–C) groups is 1. The summed E-state index contributed by atoms with van der Waals surface area (Å²) in [7, 11) is 0. The van der Waals surface area contributed by atoms with E-state index in [0.717, 1.165) is 25.3 Å². The molecule has 1 fully saturated rings. The van der Waals surface area contributed by atoms with Gasteiger partial charge < -0.3 is 15.3 Å². The van der Waals surface area contributed by atoms with Crippen molar-refractivity contribution in [3.05, 3.63) is 23.8 Å². The molecule has 6 nitrogen and oxygen atoms in total. The van der Waals surface area contributed by atoms with Crippen molar-refractivity contribution in [3.8, 4) is 0 Å². The quantitative estimate of drug-likeness (QED) is 0.809. The molecule has 6 heteroatoms. The molecule has 2 aliphatic heterocycles. The number of nitrogens with one attached hydrogen (secondary N) is 1. The van der Waals surface area contributed by atoms with Gasteiger partial charge in [-0.25, -0.2) is 0 Å². The van der Waals surface area contributed by atoms with Gasteiger partial charge in [-0.2, -0.15) is 0 Å². The third-order valence-corrected chi connectivity index (χ3v) is 4.20. The molecule has 22 heavy (non-hydrogen) atoms. The van der Waals surface area contributed by atoms with Crippen LogP contribution in [0.4, 0.5) is 11.4 Å². The average Bonchev–Trinajstić information content (AvgIpc) is 2.46. The Balaban J connectivity index is 1.95. The molecule has 2 heterocycles. The maximum absolute atomic E-state index is 12.3. The maximum Gasteiger partial charge on any atom is 0.320 e. The van der Waals surface area contributed by atoms with Crippen LogP contribution in [0.25, 0.3) is 0 Å². The van der Waals surface area contributed by atoms with Gasteiger partial charge in [0.2, 0.25) is 0 Å². The molecule has 0 aromatic heterocycles. The third-order valence-electron chi connectivity index (χ3n) is 4.20. The van der Waals surface area contributed by atoms with E-state index < -0.39 is 11.9 Å². The minimum absolute atomic E-state index is 0.343. The highest BCUT2D eigenvalue weighted by molar-refractivity contribution is 6.27. The van der Waals surface area contributed by atoms with Crippen molar-refractivity contribution in [2.75, 3.05) is 24.5 Å².